The smallest absolute Gasteiger partial charge is 0.238 e. The van der Waals surface area contributed by atoms with Crippen LogP contribution < -0.4 is 16.2 Å². The van der Waals surface area contributed by atoms with Crippen molar-refractivity contribution in [1.82, 2.24) is 0 Å². The zero-order valence-corrected chi connectivity index (χ0v) is 13.1. The van der Waals surface area contributed by atoms with Gasteiger partial charge >= 0.3 is 0 Å². The van der Waals surface area contributed by atoms with Gasteiger partial charge in [0, 0.05) is 15.8 Å². The Labute approximate surface area is 126 Å². The monoisotopic (exact) mass is 355 g/mol. The largest absolute Gasteiger partial charge is 0.399 e. The molecule has 0 radical (unpaired) electrons. The Morgan fingerprint density at radius 3 is 2.40 bits per heavy atom. The van der Waals surface area contributed by atoms with Crippen molar-refractivity contribution in [3.05, 3.63) is 46.4 Å². The summed E-state index contributed by atoms with van der Waals surface area (Å²) >= 11 is 3.42. The van der Waals surface area contributed by atoms with Crippen LogP contribution in [0.25, 0.3) is 0 Å². The Bertz CT molecular complexity index is 760. The number of para-hydroxylation sites is 1. The van der Waals surface area contributed by atoms with Crippen LogP contribution in [0.1, 0.15) is 5.56 Å². The first-order valence-corrected chi connectivity index (χ1v) is 8.07. The van der Waals surface area contributed by atoms with Crippen molar-refractivity contribution in [3.8, 4) is 0 Å². The summed E-state index contributed by atoms with van der Waals surface area (Å²) in [5, 5.41) is 8.35. The number of rotatable bonds is 3. The van der Waals surface area contributed by atoms with Crippen LogP contribution in [0.15, 0.2) is 45.8 Å². The summed E-state index contributed by atoms with van der Waals surface area (Å²) in [7, 11) is -3.81. The van der Waals surface area contributed by atoms with E-state index < -0.39 is 10.0 Å². The molecule has 7 heteroatoms. The van der Waals surface area contributed by atoms with E-state index in [1.807, 2.05) is 24.3 Å². The number of nitrogens with two attached hydrogens (primary N) is 2. The van der Waals surface area contributed by atoms with Crippen molar-refractivity contribution in [2.45, 2.75) is 11.8 Å². The Morgan fingerprint density at radius 1 is 1.15 bits per heavy atom. The molecule has 0 aromatic heterocycles. The minimum atomic E-state index is -3.81. The highest BCUT2D eigenvalue weighted by molar-refractivity contribution is 9.10. The summed E-state index contributed by atoms with van der Waals surface area (Å²) in [6, 6.07) is 10.5. The fraction of sp³-hybridized carbons (Fsp3) is 0.0769. The second-order valence-electron chi connectivity index (χ2n) is 4.34. The Kier molecular flexibility index (Phi) is 4.03. The molecule has 0 fully saturated rings. The number of hydrogen-bond donors (Lipinski definition) is 3. The molecular weight excluding hydrogens is 342 g/mol. The van der Waals surface area contributed by atoms with Gasteiger partial charge < -0.3 is 11.1 Å². The summed E-state index contributed by atoms with van der Waals surface area (Å²) in [6.07, 6.45) is 0. The third-order valence-electron chi connectivity index (χ3n) is 2.83. The quantitative estimate of drug-likeness (QED) is 0.737. The minimum absolute atomic E-state index is 0.0204. The molecule has 0 unspecified atom stereocenters. The van der Waals surface area contributed by atoms with Gasteiger partial charge in [0.05, 0.1) is 10.6 Å². The first-order chi connectivity index (χ1) is 9.29. The van der Waals surface area contributed by atoms with E-state index in [4.69, 9.17) is 10.9 Å². The molecule has 0 aliphatic heterocycles. The first-order valence-electron chi connectivity index (χ1n) is 5.73. The van der Waals surface area contributed by atoms with Crippen LogP contribution in [-0.4, -0.2) is 8.42 Å². The highest BCUT2D eigenvalue weighted by Gasteiger charge is 2.16. The highest BCUT2D eigenvalue weighted by atomic mass is 79.9. The third kappa shape index (κ3) is 3.12. The zero-order valence-electron chi connectivity index (χ0n) is 10.7. The van der Waals surface area contributed by atoms with Crippen LogP contribution in [0.4, 0.5) is 17.1 Å². The summed E-state index contributed by atoms with van der Waals surface area (Å²) in [5.74, 6) is 0. The van der Waals surface area contributed by atoms with Gasteiger partial charge in [-0.05, 0) is 52.7 Å². The number of anilines is 3. The van der Waals surface area contributed by atoms with Gasteiger partial charge in [0.2, 0.25) is 10.0 Å². The molecule has 20 heavy (non-hydrogen) atoms. The Morgan fingerprint density at radius 2 is 1.80 bits per heavy atom. The molecule has 0 amide bonds. The molecule has 2 aromatic rings. The maximum absolute atomic E-state index is 11.6. The van der Waals surface area contributed by atoms with Crippen LogP contribution in [0.2, 0.25) is 0 Å². The lowest BCUT2D eigenvalue weighted by Gasteiger charge is -2.14. The highest BCUT2D eigenvalue weighted by Crippen LogP contribution is 2.31. The molecule has 0 aliphatic carbocycles. The van der Waals surface area contributed by atoms with Gasteiger partial charge in [0.25, 0.3) is 0 Å². The van der Waals surface area contributed by atoms with Crippen LogP contribution in [0.5, 0.6) is 0 Å². The van der Waals surface area contributed by atoms with Gasteiger partial charge in [-0.1, -0.05) is 12.1 Å². The number of nitrogens with one attached hydrogen (secondary N) is 1. The average Bonchev–Trinajstić information content (AvgIpc) is 2.34. The molecule has 0 atom stereocenters. The van der Waals surface area contributed by atoms with Crippen LogP contribution in [0, 0.1) is 6.92 Å². The number of sulfonamides is 1. The normalized spacial score (nSPS) is 11.3. The predicted molar refractivity (Wildman–Crippen MR) is 84.4 cm³/mol. The number of hydrogen-bond acceptors (Lipinski definition) is 4. The molecular formula is C13H14BrN3O2S. The summed E-state index contributed by atoms with van der Waals surface area (Å²) < 4.78 is 24.0. The number of benzene rings is 2. The predicted octanol–water partition coefficient (Wildman–Crippen LogP) is 2.73. The van der Waals surface area contributed by atoms with Gasteiger partial charge in [0.1, 0.15) is 0 Å². The van der Waals surface area contributed by atoms with E-state index in [2.05, 4.69) is 21.2 Å². The van der Waals surface area contributed by atoms with Crippen molar-refractivity contribution in [2.24, 2.45) is 5.14 Å². The third-order valence-corrected chi connectivity index (χ3v) is 4.56. The van der Waals surface area contributed by atoms with Gasteiger partial charge in [-0.15, -0.1) is 0 Å². The van der Waals surface area contributed by atoms with E-state index in [0.29, 0.717) is 16.9 Å². The first kappa shape index (κ1) is 14.8. The molecule has 0 heterocycles. The fourth-order valence-electron chi connectivity index (χ4n) is 1.84. The molecule has 0 saturated carbocycles. The SMILES string of the molecule is Cc1c(Nc2ccccc2Br)cc(N)cc1S(N)(=O)=O. The van der Waals surface area contributed by atoms with E-state index in [0.717, 1.165) is 10.2 Å². The Hall–Kier alpha value is -1.57. The topological polar surface area (TPSA) is 98.2 Å². The van der Waals surface area contributed by atoms with E-state index in [1.54, 1.807) is 13.0 Å². The number of primary sulfonamides is 1. The maximum atomic E-state index is 11.6. The van der Waals surface area contributed by atoms with E-state index in [1.165, 1.54) is 6.07 Å². The summed E-state index contributed by atoms with van der Waals surface area (Å²) in [6.45, 7) is 1.68. The number of nitrogen functional groups attached to an aromatic ring is 1. The molecule has 0 aliphatic rings. The molecule has 5 nitrogen and oxygen atoms in total. The second-order valence-corrected chi connectivity index (χ2v) is 6.73. The zero-order chi connectivity index (χ0) is 14.9. The molecule has 0 saturated heterocycles. The molecule has 2 rings (SSSR count). The summed E-state index contributed by atoms with van der Waals surface area (Å²) in [5.41, 5.74) is 8.00. The maximum Gasteiger partial charge on any atom is 0.238 e. The van der Waals surface area contributed by atoms with Gasteiger partial charge in [0.15, 0.2) is 0 Å². The van der Waals surface area contributed by atoms with Crippen LogP contribution in [0.3, 0.4) is 0 Å². The van der Waals surface area contributed by atoms with E-state index >= 15 is 0 Å². The second kappa shape index (κ2) is 5.43. The van der Waals surface area contributed by atoms with Gasteiger partial charge in [-0.3, -0.25) is 0 Å². The summed E-state index contributed by atoms with van der Waals surface area (Å²) in [4.78, 5) is 0.0204. The van der Waals surface area contributed by atoms with Crippen molar-refractivity contribution < 1.29 is 8.42 Å². The van der Waals surface area contributed by atoms with Gasteiger partial charge in [-0.25, -0.2) is 13.6 Å². The lowest BCUT2D eigenvalue weighted by Crippen LogP contribution is -2.15. The van der Waals surface area contributed by atoms with E-state index in [-0.39, 0.29) is 4.90 Å². The molecule has 0 spiro atoms. The molecule has 0 bridgehead atoms. The van der Waals surface area contributed by atoms with Crippen LogP contribution >= 0.6 is 15.9 Å². The lowest BCUT2D eigenvalue weighted by atomic mass is 10.1. The van der Waals surface area contributed by atoms with Crippen molar-refractivity contribution in [2.75, 3.05) is 11.1 Å². The van der Waals surface area contributed by atoms with Crippen molar-refractivity contribution >= 4 is 43.0 Å². The standard InChI is InChI=1S/C13H14BrN3O2S/c1-8-12(17-11-5-3-2-4-10(11)14)6-9(15)7-13(8)20(16,18)19/h2-7,17H,15H2,1H3,(H2,16,18,19). The molecule has 5 N–H and O–H groups in total. The molecule has 2 aromatic carbocycles. The Balaban J connectivity index is 2.54. The number of halogens is 1. The molecule has 106 valence electrons. The van der Waals surface area contributed by atoms with E-state index in [9.17, 15) is 8.42 Å². The lowest BCUT2D eigenvalue weighted by molar-refractivity contribution is 0.597. The minimum Gasteiger partial charge on any atom is -0.399 e. The fourth-order valence-corrected chi connectivity index (χ4v) is 3.06. The van der Waals surface area contributed by atoms with Crippen molar-refractivity contribution in [3.63, 3.8) is 0 Å². The average molecular weight is 356 g/mol. The van der Waals surface area contributed by atoms with Crippen molar-refractivity contribution in [1.29, 1.82) is 0 Å². The van der Waals surface area contributed by atoms with Crippen LogP contribution in [-0.2, 0) is 10.0 Å². The van der Waals surface area contributed by atoms with Gasteiger partial charge in [-0.2, -0.15) is 0 Å².